The number of rotatable bonds is 3. The number of nitrogens with zero attached hydrogens (tertiary/aromatic N) is 3. The summed E-state index contributed by atoms with van der Waals surface area (Å²) in [5.74, 6) is -0.452. The van der Waals surface area contributed by atoms with Crippen molar-refractivity contribution in [2.75, 3.05) is 11.4 Å². The van der Waals surface area contributed by atoms with Gasteiger partial charge in [0.2, 0.25) is 0 Å². The molecule has 2 amide bonds. The Morgan fingerprint density at radius 3 is 2.68 bits per heavy atom. The van der Waals surface area contributed by atoms with Gasteiger partial charge in [0.05, 0.1) is 18.1 Å². The Balaban J connectivity index is 1.74. The minimum Gasteiger partial charge on any atom is -0.421 e. The summed E-state index contributed by atoms with van der Waals surface area (Å²) in [6, 6.07) is 5.72. The first kappa shape index (κ1) is 14.0. The number of anilines is 1. The smallest absolute Gasteiger partial charge is 0.326 e. The van der Waals surface area contributed by atoms with E-state index in [1.807, 2.05) is 0 Å². The van der Waals surface area contributed by atoms with Gasteiger partial charge in [-0.1, -0.05) is 18.7 Å². The van der Waals surface area contributed by atoms with Crippen LogP contribution in [-0.2, 0) is 0 Å². The summed E-state index contributed by atoms with van der Waals surface area (Å²) >= 11 is 0. The fourth-order valence-corrected chi connectivity index (χ4v) is 2.00. The van der Waals surface area contributed by atoms with E-state index in [0.29, 0.717) is 24.4 Å². The van der Waals surface area contributed by atoms with Gasteiger partial charge in [0, 0.05) is 18.7 Å². The highest BCUT2D eigenvalue weighted by molar-refractivity contribution is 5.93. The molecule has 1 aromatic heterocycles. The molecule has 0 atom stereocenters. The first-order valence-corrected chi connectivity index (χ1v) is 6.64. The average molecular weight is 300 g/mol. The molecule has 0 spiro atoms. The fourth-order valence-electron chi connectivity index (χ4n) is 2.00. The largest absolute Gasteiger partial charge is 0.421 e. The van der Waals surface area contributed by atoms with E-state index >= 15 is 0 Å². The van der Waals surface area contributed by atoms with Crippen LogP contribution in [0.25, 0.3) is 0 Å². The molecule has 112 valence electrons. The number of halogens is 1. The highest BCUT2D eigenvalue weighted by atomic mass is 19.1. The van der Waals surface area contributed by atoms with E-state index in [9.17, 15) is 9.18 Å². The van der Waals surface area contributed by atoms with Crippen LogP contribution in [0.15, 0.2) is 48.9 Å². The quantitative estimate of drug-likeness (QED) is 0.946. The van der Waals surface area contributed by atoms with E-state index in [1.165, 1.54) is 29.4 Å². The number of hydrogen-bond acceptors (Lipinski definition) is 4. The number of carbonyl (C=O) groups is 1. The van der Waals surface area contributed by atoms with Crippen molar-refractivity contribution in [2.24, 2.45) is 0 Å². The van der Waals surface area contributed by atoms with Gasteiger partial charge < -0.3 is 10.1 Å². The fraction of sp³-hybridized carbons (Fsp3) is 0.133. The van der Waals surface area contributed by atoms with Crippen LogP contribution in [0.2, 0.25) is 0 Å². The molecule has 0 aliphatic carbocycles. The zero-order valence-corrected chi connectivity index (χ0v) is 11.6. The Morgan fingerprint density at radius 2 is 2.00 bits per heavy atom. The molecule has 1 aliphatic rings. The number of carbonyl (C=O) groups excluding carboxylic acids is 1. The molecule has 2 aromatic rings. The van der Waals surface area contributed by atoms with E-state index in [-0.39, 0.29) is 17.8 Å². The number of hydrogen-bond donors (Lipinski definition) is 1. The summed E-state index contributed by atoms with van der Waals surface area (Å²) in [4.78, 5) is 21.3. The molecular weight excluding hydrogens is 287 g/mol. The number of benzene rings is 1. The van der Waals surface area contributed by atoms with E-state index < -0.39 is 5.82 Å². The second kappa shape index (κ2) is 5.80. The van der Waals surface area contributed by atoms with Gasteiger partial charge in [0.15, 0.2) is 11.6 Å². The second-order valence-electron chi connectivity index (χ2n) is 4.69. The maximum Gasteiger partial charge on any atom is 0.326 e. The predicted octanol–water partition coefficient (Wildman–Crippen LogP) is 2.84. The second-order valence-corrected chi connectivity index (χ2v) is 4.69. The Labute approximate surface area is 126 Å². The van der Waals surface area contributed by atoms with Crippen LogP contribution in [0.5, 0.6) is 11.8 Å². The molecule has 1 N–H and O–H groups in total. The average Bonchev–Trinajstić information content (AvgIpc) is 2.51. The van der Waals surface area contributed by atoms with Crippen molar-refractivity contribution in [2.45, 2.75) is 6.42 Å². The van der Waals surface area contributed by atoms with Gasteiger partial charge in [-0.15, -0.1) is 0 Å². The van der Waals surface area contributed by atoms with E-state index in [4.69, 9.17) is 4.74 Å². The van der Waals surface area contributed by atoms with Crippen LogP contribution >= 0.6 is 0 Å². The molecule has 1 aromatic carbocycles. The zero-order valence-electron chi connectivity index (χ0n) is 11.6. The molecule has 1 aliphatic heterocycles. The molecule has 1 saturated heterocycles. The molecule has 2 heterocycles. The number of urea groups is 1. The first-order valence-electron chi connectivity index (χ1n) is 6.64. The third kappa shape index (κ3) is 2.88. The van der Waals surface area contributed by atoms with Gasteiger partial charge in [0.25, 0.3) is 0 Å². The molecule has 0 radical (unpaired) electrons. The van der Waals surface area contributed by atoms with Gasteiger partial charge in [-0.05, 0) is 12.1 Å². The number of aromatic nitrogens is 2. The predicted molar refractivity (Wildman–Crippen MR) is 78.1 cm³/mol. The summed E-state index contributed by atoms with van der Waals surface area (Å²) in [6.45, 7) is 4.22. The van der Waals surface area contributed by atoms with Crippen molar-refractivity contribution in [1.29, 1.82) is 0 Å². The molecule has 6 nitrogen and oxygen atoms in total. The van der Waals surface area contributed by atoms with Gasteiger partial charge in [0.1, 0.15) is 0 Å². The highest BCUT2D eigenvalue weighted by Crippen LogP contribution is 2.23. The van der Waals surface area contributed by atoms with E-state index in [2.05, 4.69) is 21.9 Å². The summed E-state index contributed by atoms with van der Waals surface area (Å²) < 4.78 is 18.7. The Morgan fingerprint density at radius 1 is 1.27 bits per heavy atom. The van der Waals surface area contributed by atoms with Gasteiger partial charge in [-0.3, -0.25) is 4.90 Å². The monoisotopic (exact) mass is 300 g/mol. The lowest BCUT2D eigenvalue weighted by Gasteiger charge is -2.28. The van der Waals surface area contributed by atoms with Crippen molar-refractivity contribution in [3.8, 4) is 11.8 Å². The summed E-state index contributed by atoms with van der Waals surface area (Å²) in [5.41, 5.74) is 1.22. The molecule has 0 saturated carbocycles. The minimum absolute atomic E-state index is 0.00989. The van der Waals surface area contributed by atoms with Gasteiger partial charge >= 0.3 is 12.0 Å². The van der Waals surface area contributed by atoms with E-state index in [0.717, 1.165) is 0 Å². The molecule has 0 bridgehead atoms. The van der Waals surface area contributed by atoms with Crippen molar-refractivity contribution in [3.05, 3.63) is 54.8 Å². The lowest BCUT2D eigenvalue weighted by molar-refractivity contribution is 0.246. The normalized spacial score (nSPS) is 14.7. The highest BCUT2D eigenvalue weighted by Gasteiger charge is 2.22. The topological polar surface area (TPSA) is 67.3 Å². The van der Waals surface area contributed by atoms with Crippen LogP contribution in [0.3, 0.4) is 0 Å². The molecular formula is C15H13FN4O2. The minimum atomic E-state index is -0.496. The van der Waals surface area contributed by atoms with Crippen molar-refractivity contribution < 1.29 is 13.9 Å². The number of amides is 2. The number of nitrogens with one attached hydrogen (secondary N) is 1. The van der Waals surface area contributed by atoms with Crippen LogP contribution in [0.1, 0.15) is 6.42 Å². The molecule has 3 rings (SSSR count). The molecule has 0 unspecified atom stereocenters. The molecule has 1 fully saturated rings. The molecule has 7 heteroatoms. The van der Waals surface area contributed by atoms with Crippen LogP contribution in [0.4, 0.5) is 14.9 Å². The van der Waals surface area contributed by atoms with Crippen LogP contribution < -0.4 is 15.0 Å². The number of ether oxygens (including phenoxy) is 1. The van der Waals surface area contributed by atoms with Crippen molar-refractivity contribution >= 4 is 11.7 Å². The summed E-state index contributed by atoms with van der Waals surface area (Å²) in [5, 5.41) is 2.65. The standard InChI is InChI=1S/C15H13FN4O2/c1-10-6-7-20(15(21)19-10)11-8-17-14(18-9-11)22-13-5-3-2-4-12(13)16/h2-5,8-9H,1,6-7H2,(H,19,21). The maximum atomic E-state index is 13.5. The SMILES string of the molecule is C=C1CCN(c2cnc(Oc3ccccc3F)nc2)C(=O)N1. The number of para-hydroxylation sites is 1. The third-order valence-corrected chi connectivity index (χ3v) is 3.13. The summed E-state index contributed by atoms with van der Waals surface area (Å²) in [6.07, 6.45) is 3.56. The lowest BCUT2D eigenvalue weighted by atomic mass is 10.2. The van der Waals surface area contributed by atoms with Crippen LogP contribution in [0, 0.1) is 5.82 Å². The van der Waals surface area contributed by atoms with E-state index in [1.54, 1.807) is 12.1 Å². The Kier molecular flexibility index (Phi) is 3.69. The van der Waals surface area contributed by atoms with Crippen LogP contribution in [-0.4, -0.2) is 22.5 Å². The maximum absolute atomic E-state index is 13.5. The van der Waals surface area contributed by atoms with Gasteiger partial charge in [-0.2, -0.15) is 0 Å². The van der Waals surface area contributed by atoms with Crippen molar-refractivity contribution in [1.82, 2.24) is 15.3 Å². The van der Waals surface area contributed by atoms with Crippen molar-refractivity contribution in [3.63, 3.8) is 0 Å². The third-order valence-electron chi connectivity index (χ3n) is 3.13. The summed E-state index contributed by atoms with van der Waals surface area (Å²) in [7, 11) is 0. The Bertz CT molecular complexity index is 718. The molecule has 22 heavy (non-hydrogen) atoms. The lowest BCUT2D eigenvalue weighted by Crippen LogP contribution is -2.45. The Hall–Kier alpha value is -2.96. The van der Waals surface area contributed by atoms with Gasteiger partial charge in [-0.25, -0.2) is 19.2 Å². The first-order chi connectivity index (χ1) is 10.6. The zero-order chi connectivity index (χ0) is 15.5.